The van der Waals surface area contributed by atoms with Crippen LogP contribution in [0.25, 0.3) is 0 Å². The van der Waals surface area contributed by atoms with Gasteiger partial charge in [0.25, 0.3) is 0 Å². The summed E-state index contributed by atoms with van der Waals surface area (Å²) in [4.78, 5) is 2.39. The highest BCUT2D eigenvalue weighted by Gasteiger charge is 2.12. The minimum atomic E-state index is 0.600. The van der Waals surface area contributed by atoms with Gasteiger partial charge in [-0.1, -0.05) is 36.8 Å². The predicted molar refractivity (Wildman–Crippen MR) is 97.9 cm³/mol. The van der Waals surface area contributed by atoms with Gasteiger partial charge in [-0.2, -0.15) is 5.26 Å². The Balaban J connectivity index is 2.03. The van der Waals surface area contributed by atoms with E-state index in [4.69, 9.17) is 5.26 Å². The van der Waals surface area contributed by atoms with E-state index in [2.05, 4.69) is 68.1 Å². The van der Waals surface area contributed by atoms with E-state index in [9.17, 15) is 0 Å². The third-order valence-corrected chi connectivity index (χ3v) is 4.53. The van der Waals surface area contributed by atoms with E-state index in [0.717, 1.165) is 31.5 Å². The number of aryl methyl sites for hydroxylation is 1. The summed E-state index contributed by atoms with van der Waals surface area (Å²) in [5.74, 6) is 0.600. The van der Waals surface area contributed by atoms with Crippen molar-refractivity contribution in [3.8, 4) is 6.07 Å². The largest absolute Gasteiger partial charge is 0.372 e. The molecule has 0 aliphatic rings. The molecule has 0 spiro atoms. The van der Waals surface area contributed by atoms with Gasteiger partial charge in [0.05, 0.1) is 11.6 Å². The minimum Gasteiger partial charge on any atom is -0.372 e. The van der Waals surface area contributed by atoms with Gasteiger partial charge in [0.15, 0.2) is 0 Å². The molecule has 0 N–H and O–H groups in total. The lowest BCUT2D eigenvalue weighted by atomic mass is 9.92. The molecule has 2 nitrogen and oxygen atoms in total. The number of rotatable bonds is 7. The first kappa shape index (κ1) is 17.1. The highest BCUT2D eigenvalue weighted by atomic mass is 15.1. The van der Waals surface area contributed by atoms with Gasteiger partial charge in [0.1, 0.15) is 0 Å². The summed E-state index contributed by atoms with van der Waals surface area (Å²) >= 11 is 0. The van der Waals surface area contributed by atoms with Crippen LogP contribution in [0, 0.1) is 18.3 Å². The first-order valence-electron chi connectivity index (χ1n) is 8.49. The number of benzene rings is 2. The number of hydrogen-bond acceptors (Lipinski definition) is 2. The smallest absolute Gasteiger partial charge is 0.0991 e. The first-order chi connectivity index (χ1) is 11.2. The standard InChI is InChI=1S/C21H26N2/c1-4-19(20-10-6-17(3)7-11-20)14-15-23(5-2)21-12-8-18(16-22)9-13-21/h6-13,19H,4-5,14-15H2,1-3H3. The quantitative estimate of drug-likeness (QED) is 0.696. The Bertz CT molecular complexity index is 635. The Morgan fingerprint density at radius 1 is 1.00 bits per heavy atom. The normalized spacial score (nSPS) is 11.7. The molecule has 0 aliphatic heterocycles. The zero-order valence-electron chi connectivity index (χ0n) is 14.4. The van der Waals surface area contributed by atoms with Gasteiger partial charge < -0.3 is 4.90 Å². The fraction of sp³-hybridized carbons (Fsp3) is 0.381. The summed E-state index contributed by atoms with van der Waals surface area (Å²) < 4.78 is 0. The maximum absolute atomic E-state index is 8.91. The summed E-state index contributed by atoms with van der Waals surface area (Å²) in [7, 11) is 0. The van der Waals surface area contributed by atoms with Gasteiger partial charge in [-0.05, 0) is 62.4 Å². The van der Waals surface area contributed by atoms with Crippen LogP contribution in [0.4, 0.5) is 5.69 Å². The number of anilines is 1. The van der Waals surface area contributed by atoms with Crippen LogP contribution >= 0.6 is 0 Å². The lowest BCUT2D eigenvalue weighted by molar-refractivity contribution is 0.594. The molecule has 0 bridgehead atoms. The molecule has 120 valence electrons. The summed E-state index contributed by atoms with van der Waals surface area (Å²) in [6.07, 6.45) is 2.31. The Labute approximate surface area is 140 Å². The number of nitriles is 1. The molecule has 0 saturated carbocycles. The fourth-order valence-electron chi connectivity index (χ4n) is 2.97. The van der Waals surface area contributed by atoms with Crippen LogP contribution in [0.2, 0.25) is 0 Å². The van der Waals surface area contributed by atoms with Gasteiger partial charge in [0, 0.05) is 18.8 Å². The molecular weight excluding hydrogens is 280 g/mol. The summed E-state index contributed by atoms with van der Waals surface area (Å²) in [6.45, 7) is 8.60. The van der Waals surface area contributed by atoms with E-state index in [1.54, 1.807) is 0 Å². The predicted octanol–water partition coefficient (Wildman–Crippen LogP) is 5.28. The molecule has 0 amide bonds. The van der Waals surface area contributed by atoms with Crippen LogP contribution in [0.5, 0.6) is 0 Å². The third kappa shape index (κ3) is 4.60. The maximum atomic E-state index is 8.91. The van der Waals surface area contributed by atoms with Crippen LogP contribution in [0.1, 0.15) is 49.3 Å². The molecule has 2 aromatic rings. The molecule has 2 aromatic carbocycles. The second kappa shape index (κ2) is 8.39. The summed E-state index contributed by atoms with van der Waals surface area (Å²) in [5.41, 5.74) is 4.67. The molecule has 0 aromatic heterocycles. The highest BCUT2D eigenvalue weighted by Crippen LogP contribution is 2.25. The van der Waals surface area contributed by atoms with Crippen molar-refractivity contribution in [2.45, 2.75) is 39.5 Å². The van der Waals surface area contributed by atoms with Gasteiger partial charge >= 0.3 is 0 Å². The summed E-state index contributed by atoms with van der Waals surface area (Å²) in [5, 5.41) is 8.91. The second-order valence-electron chi connectivity index (χ2n) is 6.04. The molecule has 23 heavy (non-hydrogen) atoms. The van der Waals surface area contributed by atoms with E-state index < -0.39 is 0 Å². The van der Waals surface area contributed by atoms with Crippen molar-refractivity contribution in [3.05, 3.63) is 65.2 Å². The van der Waals surface area contributed by atoms with Crippen molar-refractivity contribution >= 4 is 5.69 Å². The zero-order valence-corrected chi connectivity index (χ0v) is 14.4. The lowest BCUT2D eigenvalue weighted by Gasteiger charge is -2.26. The highest BCUT2D eigenvalue weighted by molar-refractivity contribution is 5.49. The van der Waals surface area contributed by atoms with E-state index in [0.29, 0.717) is 5.92 Å². The Morgan fingerprint density at radius 3 is 2.17 bits per heavy atom. The van der Waals surface area contributed by atoms with Crippen molar-refractivity contribution in [2.24, 2.45) is 0 Å². The van der Waals surface area contributed by atoms with Crippen molar-refractivity contribution in [1.82, 2.24) is 0 Å². The molecule has 0 radical (unpaired) electrons. The number of hydrogen-bond donors (Lipinski definition) is 0. The van der Waals surface area contributed by atoms with Gasteiger partial charge in [-0.25, -0.2) is 0 Å². The molecule has 0 aliphatic carbocycles. The Hall–Kier alpha value is -2.27. The molecule has 0 heterocycles. The van der Waals surface area contributed by atoms with Crippen LogP contribution in [-0.2, 0) is 0 Å². The Morgan fingerprint density at radius 2 is 1.65 bits per heavy atom. The topological polar surface area (TPSA) is 27.0 Å². The Kier molecular flexibility index (Phi) is 6.23. The maximum Gasteiger partial charge on any atom is 0.0991 e. The molecule has 2 rings (SSSR count). The average molecular weight is 306 g/mol. The molecule has 1 unspecified atom stereocenters. The van der Waals surface area contributed by atoms with E-state index in [1.807, 2.05) is 12.1 Å². The fourth-order valence-corrected chi connectivity index (χ4v) is 2.97. The van der Waals surface area contributed by atoms with Crippen molar-refractivity contribution in [1.29, 1.82) is 5.26 Å². The van der Waals surface area contributed by atoms with Crippen LogP contribution < -0.4 is 4.90 Å². The average Bonchev–Trinajstić information content (AvgIpc) is 2.60. The second-order valence-corrected chi connectivity index (χ2v) is 6.04. The van der Waals surface area contributed by atoms with Gasteiger partial charge in [-0.15, -0.1) is 0 Å². The van der Waals surface area contributed by atoms with Gasteiger partial charge in [0.2, 0.25) is 0 Å². The minimum absolute atomic E-state index is 0.600. The molecular formula is C21H26N2. The van der Waals surface area contributed by atoms with Crippen LogP contribution in [0.3, 0.4) is 0 Å². The molecule has 1 atom stereocenters. The molecule has 0 saturated heterocycles. The van der Waals surface area contributed by atoms with Crippen molar-refractivity contribution < 1.29 is 0 Å². The lowest BCUT2D eigenvalue weighted by Crippen LogP contribution is -2.25. The van der Waals surface area contributed by atoms with E-state index in [1.165, 1.54) is 16.8 Å². The SMILES string of the molecule is CCC(CCN(CC)c1ccc(C#N)cc1)c1ccc(C)cc1. The van der Waals surface area contributed by atoms with Crippen molar-refractivity contribution in [2.75, 3.05) is 18.0 Å². The van der Waals surface area contributed by atoms with Crippen molar-refractivity contribution in [3.63, 3.8) is 0 Å². The molecule has 0 fully saturated rings. The van der Waals surface area contributed by atoms with E-state index in [-0.39, 0.29) is 0 Å². The van der Waals surface area contributed by atoms with E-state index >= 15 is 0 Å². The zero-order chi connectivity index (χ0) is 16.7. The van der Waals surface area contributed by atoms with Gasteiger partial charge in [-0.3, -0.25) is 0 Å². The summed E-state index contributed by atoms with van der Waals surface area (Å²) in [6, 6.07) is 19.0. The van der Waals surface area contributed by atoms with Crippen LogP contribution in [0.15, 0.2) is 48.5 Å². The number of nitrogens with zero attached hydrogens (tertiary/aromatic N) is 2. The van der Waals surface area contributed by atoms with Crippen LogP contribution in [-0.4, -0.2) is 13.1 Å². The monoisotopic (exact) mass is 306 g/mol. The molecule has 2 heteroatoms. The first-order valence-corrected chi connectivity index (χ1v) is 8.49. The third-order valence-electron chi connectivity index (χ3n) is 4.53.